The number of rotatable bonds is 4. The van der Waals surface area contributed by atoms with E-state index in [1.54, 1.807) is 18.2 Å². The van der Waals surface area contributed by atoms with Crippen LogP contribution in [0.3, 0.4) is 0 Å². The highest BCUT2D eigenvalue weighted by atomic mass is 32.2. The van der Waals surface area contributed by atoms with Crippen molar-refractivity contribution in [3.8, 4) is 5.75 Å². The fraction of sp³-hybridized carbons (Fsp3) is 0.429. The van der Waals surface area contributed by atoms with Gasteiger partial charge in [0.25, 0.3) is 10.1 Å². The molecule has 2 aliphatic rings. The van der Waals surface area contributed by atoms with E-state index in [-0.39, 0.29) is 10.6 Å². The summed E-state index contributed by atoms with van der Waals surface area (Å²) in [6.07, 6.45) is 0. The van der Waals surface area contributed by atoms with Gasteiger partial charge in [-0.3, -0.25) is 4.55 Å². The van der Waals surface area contributed by atoms with Crippen LogP contribution in [-0.2, 0) is 10.1 Å². The lowest BCUT2D eigenvalue weighted by Gasteiger charge is -2.42. The van der Waals surface area contributed by atoms with Gasteiger partial charge in [-0.15, -0.1) is 0 Å². The third-order valence-corrected chi connectivity index (χ3v) is 6.05. The van der Waals surface area contributed by atoms with Gasteiger partial charge in [0, 0.05) is 75.2 Å². The zero-order chi connectivity index (χ0) is 22.4. The predicted octanol–water partition coefficient (Wildman–Crippen LogP) is 1.45. The van der Waals surface area contributed by atoms with E-state index in [1.807, 2.05) is 6.92 Å². The third-order valence-electron chi connectivity index (χ3n) is 5.21. The van der Waals surface area contributed by atoms with E-state index in [0.29, 0.717) is 10.8 Å². The molecule has 0 radical (unpaired) electrons. The molecule has 4 rings (SSSR count). The van der Waals surface area contributed by atoms with E-state index >= 15 is 0 Å². The second kappa shape index (κ2) is 10.3. The first-order valence-corrected chi connectivity index (χ1v) is 11.8. The molecule has 0 atom stereocenters. The lowest BCUT2D eigenvalue weighted by atomic mass is 10.1. The molecule has 10 heteroatoms. The molecule has 2 fully saturated rings. The summed E-state index contributed by atoms with van der Waals surface area (Å²) in [7, 11) is -4.31. The smallest absolute Gasteiger partial charge is 0.294 e. The summed E-state index contributed by atoms with van der Waals surface area (Å²) in [4.78, 5) is -0.316. The van der Waals surface area contributed by atoms with Crippen LogP contribution in [-0.4, -0.2) is 80.5 Å². The molecule has 31 heavy (non-hydrogen) atoms. The molecule has 0 unspecified atom stereocenters. The molecular weight excluding hydrogens is 418 g/mol. The maximum Gasteiger partial charge on any atom is 0.294 e. The maximum atomic E-state index is 11.0. The van der Waals surface area contributed by atoms with Crippen LogP contribution in [0.25, 0.3) is 10.8 Å². The van der Waals surface area contributed by atoms with Gasteiger partial charge in [0.05, 0.1) is 4.90 Å². The van der Waals surface area contributed by atoms with Gasteiger partial charge in [-0.1, -0.05) is 12.6 Å². The first-order chi connectivity index (χ1) is 14.8. The van der Waals surface area contributed by atoms with E-state index in [0.717, 1.165) is 64.1 Å². The minimum atomic E-state index is -4.31. The topological polar surface area (TPSA) is 117 Å². The molecule has 0 bridgehead atoms. The molecule has 2 aromatic rings. The molecule has 0 aromatic heterocycles. The van der Waals surface area contributed by atoms with Crippen molar-refractivity contribution in [2.45, 2.75) is 11.8 Å². The van der Waals surface area contributed by atoms with Crippen molar-refractivity contribution < 1.29 is 18.1 Å². The minimum Gasteiger partial charge on any atom is -0.507 e. The number of hydrazine groups is 1. The van der Waals surface area contributed by atoms with Crippen LogP contribution in [0.2, 0.25) is 0 Å². The molecule has 2 aliphatic heterocycles. The Hall–Kier alpha value is -2.37. The van der Waals surface area contributed by atoms with Crippen LogP contribution >= 0.6 is 0 Å². The maximum absolute atomic E-state index is 11.0. The number of hydrogen-bond acceptors (Lipinski definition) is 8. The van der Waals surface area contributed by atoms with Gasteiger partial charge in [-0.05, 0) is 30.5 Å². The highest BCUT2D eigenvalue weighted by molar-refractivity contribution is 7.85. The van der Waals surface area contributed by atoms with Gasteiger partial charge >= 0.3 is 0 Å². The molecule has 2 heterocycles. The zero-order valence-corrected chi connectivity index (χ0v) is 18.6. The van der Waals surface area contributed by atoms with Crippen LogP contribution < -0.4 is 16.0 Å². The van der Waals surface area contributed by atoms with Crippen molar-refractivity contribution in [3.63, 3.8) is 0 Å². The van der Waals surface area contributed by atoms with Crippen molar-refractivity contribution in [3.05, 3.63) is 42.6 Å². The Kier molecular flexibility index (Phi) is 7.74. The summed E-state index contributed by atoms with van der Waals surface area (Å²) in [5, 5.41) is 25.4. The fourth-order valence-corrected chi connectivity index (χ4v) is 4.21. The van der Waals surface area contributed by atoms with Crippen LogP contribution in [0.5, 0.6) is 5.75 Å². The number of hydrogen-bond donors (Lipinski definition) is 5. The average molecular weight is 450 g/mol. The van der Waals surface area contributed by atoms with Crippen LogP contribution in [0.15, 0.2) is 47.5 Å². The zero-order valence-electron chi connectivity index (χ0n) is 17.8. The van der Waals surface area contributed by atoms with E-state index < -0.39 is 10.1 Å². The van der Waals surface area contributed by atoms with Crippen molar-refractivity contribution in [2.75, 3.05) is 57.7 Å². The molecule has 0 spiro atoms. The van der Waals surface area contributed by atoms with Gasteiger partial charge in [0.1, 0.15) is 5.75 Å². The van der Waals surface area contributed by atoms with Crippen molar-refractivity contribution >= 4 is 26.6 Å². The second-order valence-electron chi connectivity index (χ2n) is 7.45. The summed E-state index contributed by atoms with van der Waals surface area (Å²) in [6.45, 7) is 14.3. The Balaban J connectivity index is 0.000000185. The SMILES string of the molecule is C=C1CNCCN1N1CCNCC1.CCNc1ccc2cc(S(=O)(=O)O)cc(O)c2c1. The normalized spacial score (nSPS) is 17.9. The Morgan fingerprint density at radius 2 is 1.81 bits per heavy atom. The van der Waals surface area contributed by atoms with Gasteiger partial charge in [-0.25, -0.2) is 5.01 Å². The first kappa shape index (κ1) is 23.3. The standard InChI is InChI=1S/C12H13NO4S.C9H18N4/c1-2-13-9-4-3-8-5-10(18(15,16)17)7-12(14)11(8)6-9;1-9-8-11-4-7-13(9)12-5-2-10-3-6-12/h3-7,13-14H,2H2,1H3,(H,15,16,17);10-11H,1-8H2. The Bertz CT molecular complexity index is 1020. The summed E-state index contributed by atoms with van der Waals surface area (Å²) in [6, 6.07) is 7.54. The number of nitrogens with one attached hydrogen (secondary N) is 3. The largest absolute Gasteiger partial charge is 0.507 e. The number of benzene rings is 2. The lowest BCUT2D eigenvalue weighted by molar-refractivity contribution is -0.0109. The Morgan fingerprint density at radius 1 is 1.10 bits per heavy atom. The highest BCUT2D eigenvalue weighted by Gasteiger charge is 2.21. The van der Waals surface area contributed by atoms with Gasteiger partial charge in [0.2, 0.25) is 0 Å². The summed E-state index contributed by atoms with van der Waals surface area (Å²) >= 11 is 0. The number of fused-ring (bicyclic) bond motifs is 1. The Morgan fingerprint density at radius 3 is 2.45 bits per heavy atom. The number of nitrogens with zero attached hydrogens (tertiary/aromatic N) is 2. The van der Waals surface area contributed by atoms with Crippen LogP contribution in [0.1, 0.15) is 6.92 Å². The van der Waals surface area contributed by atoms with E-state index in [2.05, 4.69) is 32.5 Å². The van der Waals surface area contributed by atoms with Crippen molar-refractivity contribution in [1.82, 2.24) is 20.7 Å². The van der Waals surface area contributed by atoms with Crippen LogP contribution in [0, 0.1) is 0 Å². The molecule has 9 nitrogen and oxygen atoms in total. The molecule has 0 amide bonds. The molecule has 0 aliphatic carbocycles. The van der Waals surface area contributed by atoms with Gasteiger partial charge < -0.3 is 26.1 Å². The summed E-state index contributed by atoms with van der Waals surface area (Å²) < 4.78 is 31.0. The third kappa shape index (κ3) is 6.08. The quantitative estimate of drug-likeness (QED) is 0.442. The average Bonchev–Trinajstić information content (AvgIpc) is 2.75. The van der Waals surface area contributed by atoms with E-state index in [1.165, 1.54) is 11.8 Å². The monoisotopic (exact) mass is 449 g/mol. The highest BCUT2D eigenvalue weighted by Crippen LogP contribution is 2.30. The van der Waals surface area contributed by atoms with Gasteiger partial charge in [0.15, 0.2) is 0 Å². The van der Waals surface area contributed by atoms with Gasteiger partial charge in [-0.2, -0.15) is 8.42 Å². The van der Waals surface area contributed by atoms with E-state index in [9.17, 15) is 13.5 Å². The summed E-state index contributed by atoms with van der Waals surface area (Å²) in [5.41, 5.74) is 2.04. The number of aromatic hydroxyl groups is 1. The number of piperazine rings is 2. The summed E-state index contributed by atoms with van der Waals surface area (Å²) in [5.74, 6) is -0.181. The molecule has 2 saturated heterocycles. The van der Waals surface area contributed by atoms with E-state index in [4.69, 9.17) is 4.55 Å². The number of phenolic OH excluding ortho intramolecular Hbond substituents is 1. The molecular formula is C21H31N5O4S. The molecule has 170 valence electrons. The molecule has 5 N–H and O–H groups in total. The predicted molar refractivity (Wildman–Crippen MR) is 123 cm³/mol. The lowest BCUT2D eigenvalue weighted by Crippen LogP contribution is -2.56. The minimum absolute atomic E-state index is 0.181. The first-order valence-electron chi connectivity index (χ1n) is 10.4. The fourth-order valence-electron chi connectivity index (χ4n) is 3.68. The molecule has 0 saturated carbocycles. The van der Waals surface area contributed by atoms with Crippen molar-refractivity contribution in [2.24, 2.45) is 0 Å². The van der Waals surface area contributed by atoms with Crippen molar-refractivity contribution in [1.29, 1.82) is 0 Å². The number of anilines is 1. The Labute approximate surface area is 183 Å². The molecule has 2 aromatic carbocycles. The number of phenols is 1. The van der Waals surface area contributed by atoms with Crippen LogP contribution in [0.4, 0.5) is 5.69 Å². The second-order valence-corrected chi connectivity index (χ2v) is 8.88.